The number of carbonyl (C=O) groups is 2. The van der Waals surface area contributed by atoms with Crippen LogP contribution in [-0.4, -0.2) is 52.4 Å². The molecule has 9 heteroatoms. The summed E-state index contributed by atoms with van der Waals surface area (Å²) in [5.74, 6) is 0.168. The van der Waals surface area contributed by atoms with Crippen LogP contribution in [0, 0.1) is 5.92 Å². The second-order valence-electron chi connectivity index (χ2n) is 9.37. The van der Waals surface area contributed by atoms with E-state index in [1.807, 2.05) is 18.2 Å². The van der Waals surface area contributed by atoms with Crippen LogP contribution in [0.3, 0.4) is 0 Å². The van der Waals surface area contributed by atoms with Crippen molar-refractivity contribution in [3.05, 3.63) is 50.6 Å². The number of nitrogens with zero attached hydrogens (tertiary/aromatic N) is 2. The molecule has 3 N–H and O–H groups in total. The van der Waals surface area contributed by atoms with Crippen LogP contribution >= 0.6 is 22.9 Å². The van der Waals surface area contributed by atoms with Crippen LogP contribution < -0.4 is 10.6 Å². The molecule has 0 saturated heterocycles. The van der Waals surface area contributed by atoms with E-state index in [2.05, 4.69) is 39.5 Å². The third kappa shape index (κ3) is 4.78. The Morgan fingerprint density at radius 2 is 2.00 bits per heavy atom. The van der Waals surface area contributed by atoms with Gasteiger partial charge in [0.15, 0.2) is 5.01 Å². The number of benzene rings is 1. The number of amides is 2. The van der Waals surface area contributed by atoms with Crippen LogP contribution in [0.2, 0.25) is 5.02 Å². The Bertz CT molecular complexity index is 1200. The number of H-pyrrole nitrogens is 1. The smallest absolute Gasteiger partial charge is 0.280 e. The van der Waals surface area contributed by atoms with Gasteiger partial charge >= 0.3 is 0 Å². The summed E-state index contributed by atoms with van der Waals surface area (Å²) in [4.78, 5) is 37.3. The van der Waals surface area contributed by atoms with Gasteiger partial charge in [-0.15, -0.1) is 11.3 Å². The first kappa shape index (κ1) is 22.4. The van der Waals surface area contributed by atoms with Gasteiger partial charge in [-0.25, -0.2) is 4.98 Å². The lowest BCUT2D eigenvalue weighted by atomic mass is 9.83. The summed E-state index contributed by atoms with van der Waals surface area (Å²) < 4.78 is 0. The molecule has 7 nitrogen and oxygen atoms in total. The van der Waals surface area contributed by atoms with Crippen LogP contribution in [-0.2, 0) is 13.0 Å². The summed E-state index contributed by atoms with van der Waals surface area (Å²) in [7, 11) is 2.08. The van der Waals surface area contributed by atoms with Crippen molar-refractivity contribution < 1.29 is 9.59 Å². The van der Waals surface area contributed by atoms with E-state index in [1.54, 1.807) is 6.07 Å². The van der Waals surface area contributed by atoms with Crippen LogP contribution in [0.4, 0.5) is 0 Å². The highest BCUT2D eigenvalue weighted by Crippen LogP contribution is 2.28. The molecule has 3 heterocycles. The SMILES string of the molecule is C[C@@H]1CC[C@H](NC(=O)c2cc3cc(Cl)ccc3[nH]2)C(NC(=O)c2nc3c(s2)CN(C)CC3)C1. The zero-order valence-electron chi connectivity index (χ0n) is 18.8. The normalized spacial score (nSPS) is 23.3. The van der Waals surface area contributed by atoms with Crippen molar-refractivity contribution in [1.82, 2.24) is 25.5 Å². The van der Waals surface area contributed by atoms with Gasteiger partial charge in [0.1, 0.15) is 5.69 Å². The number of aromatic amines is 1. The molecule has 33 heavy (non-hydrogen) atoms. The molecule has 1 unspecified atom stereocenters. The van der Waals surface area contributed by atoms with Gasteiger partial charge in [0, 0.05) is 52.4 Å². The monoisotopic (exact) mass is 485 g/mol. The Labute approximate surface area is 201 Å². The Kier molecular flexibility index (Phi) is 6.16. The molecule has 1 saturated carbocycles. The molecule has 2 aromatic heterocycles. The molecule has 3 aromatic rings. The van der Waals surface area contributed by atoms with Gasteiger partial charge in [-0.1, -0.05) is 18.5 Å². The number of fused-ring (bicyclic) bond motifs is 2. The highest BCUT2D eigenvalue weighted by Gasteiger charge is 2.32. The van der Waals surface area contributed by atoms with Crippen molar-refractivity contribution >= 4 is 45.7 Å². The fourth-order valence-electron chi connectivity index (χ4n) is 4.84. The summed E-state index contributed by atoms with van der Waals surface area (Å²) >= 11 is 7.56. The van der Waals surface area contributed by atoms with Crippen molar-refractivity contribution in [3.63, 3.8) is 0 Å². The third-order valence-electron chi connectivity index (χ3n) is 6.69. The number of nitrogens with one attached hydrogen (secondary N) is 3. The fraction of sp³-hybridized carbons (Fsp3) is 0.458. The van der Waals surface area contributed by atoms with Crippen molar-refractivity contribution in [2.24, 2.45) is 5.92 Å². The van der Waals surface area contributed by atoms with Crippen LogP contribution in [0.15, 0.2) is 24.3 Å². The number of hydrogen-bond donors (Lipinski definition) is 3. The number of likely N-dealkylation sites (N-methyl/N-ethyl adjacent to an activating group) is 1. The topological polar surface area (TPSA) is 90.1 Å². The number of hydrogen-bond acceptors (Lipinski definition) is 5. The summed E-state index contributed by atoms with van der Waals surface area (Å²) in [5, 5.41) is 8.38. The van der Waals surface area contributed by atoms with Gasteiger partial charge in [0.25, 0.3) is 11.8 Å². The van der Waals surface area contributed by atoms with E-state index in [-0.39, 0.29) is 23.9 Å². The van der Waals surface area contributed by atoms with Gasteiger partial charge < -0.3 is 20.5 Å². The molecule has 1 aliphatic heterocycles. The molecule has 3 atom stereocenters. The van der Waals surface area contributed by atoms with Crippen molar-refractivity contribution in [2.75, 3.05) is 13.6 Å². The van der Waals surface area contributed by atoms with E-state index in [1.165, 1.54) is 16.2 Å². The van der Waals surface area contributed by atoms with Crippen LogP contribution in [0.25, 0.3) is 10.9 Å². The molecular weight excluding hydrogens is 458 g/mol. The maximum atomic E-state index is 13.1. The van der Waals surface area contributed by atoms with Gasteiger partial charge in [-0.3, -0.25) is 9.59 Å². The van der Waals surface area contributed by atoms with E-state index in [9.17, 15) is 9.59 Å². The zero-order valence-corrected chi connectivity index (χ0v) is 20.4. The van der Waals surface area contributed by atoms with Crippen LogP contribution in [0.5, 0.6) is 0 Å². The molecule has 0 spiro atoms. The Hall–Kier alpha value is -2.42. The Balaban J connectivity index is 1.29. The molecule has 1 aromatic carbocycles. The lowest BCUT2D eigenvalue weighted by Crippen LogP contribution is -2.54. The summed E-state index contributed by atoms with van der Waals surface area (Å²) in [6, 6.07) is 7.05. The molecule has 1 fully saturated rings. The average molecular weight is 486 g/mol. The zero-order chi connectivity index (χ0) is 23.1. The fourth-order valence-corrected chi connectivity index (χ4v) is 6.11. The average Bonchev–Trinajstić information content (AvgIpc) is 3.39. The minimum Gasteiger partial charge on any atom is -0.351 e. The standard InChI is InChI=1S/C24H28ClN5O2S/c1-13-3-5-17(27-22(31)20-11-14-10-15(25)4-6-16(14)26-20)19(9-13)28-23(32)24-29-18-7-8-30(2)12-21(18)33-24/h4,6,10-11,13,17,19,26H,3,5,7-9,12H2,1-2H3,(H,27,31)(H,28,32)/t13-,17+,19?/m1/s1. The lowest BCUT2D eigenvalue weighted by Gasteiger charge is -2.35. The quantitative estimate of drug-likeness (QED) is 0.521. The number of halogens is 1. The van der Waals surface area contributed by atoms with E-state index >= 15 is 0 Å². The first-order valence-corrected chi connectivity index (χ1v) is 12.6. The predicted octanol–water partition coefficient (Wildman–Crippen LogP) is 3.98. The second kappa shape index (κ2) is 9.08. The summed E-state index contributed by atoms with van der Waals surface area (Å²) in [6.07, 6.45) is 3.54. The number of rotatable bonds is 4. The minimum absolute atomic E-state index is 0.131. The first-order chi connectivity index (χ1) is 15.9. The molecule has 0 radical (unpaired) electrons. The number of thiazole rings is 1. The molecule has 5 rings (SSSR count). The van der Waals surface area contributed by atoms with Gasteiger partial charge in [0.2, 0.25) is 0 Å². The van der Waals surface area contributed by atoms with Gasteiger partial charge in [-0.2, -0.15) is 0 Å². The molecule has 0 bridgehead atoms. The molecule has 2 amide bonds. The third-order valence-corrected chi connectivity index (χ3v) is 8.01. The van der Waals surface area contributed by atoms with E-state index in [0.29, 0.717) is 21.6 Å². The van der Waals surface area contributed by atoms with Crippen molar-refractivity contribution in [1.29, 1.82) is 0 Å². The van der Waals surface area contributed by atoms with E-state index < -0.39 is 0 Å². The van der Waals surface area contributed by atoms with E-state index in [0.717, 1.165) is 55.4 Å². The van der Waals surface area contributed by atoms with Gasteiger partial charge in [-0.05, 0) is 56.5 Å². The first-order valence-electron chi connectivity index (χ1n) is 11.4. The highest BCUT2D eigenvalue weighted by molar-refractivity contribution is 7.13. The molecule has 1 aliphatic carbocycles. The highest BCUT2D eigenvalue weighted by atomic mass is 35.5. The largest absolute Gasteiger partial charge is 0.351 e. The van der Waals surface area contributed by atoms with Gasteiger partial charge in [0.05, 0.1) is 5.69 Å². The Morgan fingerprint density at radius 3 is 2.85 bits per heavy atom. The van der Waals surface area contributed by atoms with Crippen molar-refractivity contribution in [3.8, 4) is 0 Å². The maximum Gasteiger partial charge on any atom is 0.280 e. The molecule has 174 valence electrons. The number of aromatic nitrogens is 2. The van der Waals surface area contributed by atoms with Crippen LogP contribution in [0.1, 0.15) is 57.0 Å². The minimum atomic E-state index is -0.172. The maximum absolute atomic E-state index is 13.1. The number of carbonyl (C=O) groups excluding carboxylic acids is 2. The predicted molar refractivity (Wildman–Crippen MR) is 131 cm³/mol. The van der Waals surface area contributed by atoms with Crippen molar-refractivity contribution in [2.45, 2.75) is 51.2 Å². The molecule has 2 aliphatic rings. The summed E-state index contributed by atoms with van der Waals surface area (Å²) in [5.41, 5.74) is 2.40. The Morgan fingerprint density at radius 1 is 1.18 bits per heavy atom. The van der Waals surface area contributed by atoms with E-state index in [4.69, 9.17) is 11.6 Å². The summed E-state index contributed by atoms with van der Waals surface area (Å²) in [6.45, 7) is 4.00. The second-order valence-corrected chi connectivity index (χ2v) is 10.9. The molecular formula is C24H28ClN5O2S. The lowest BCUT2D eigenvalue weighted by molar-refractivity contribution is 0.0845.